The minimum absolute atomic E-state index is 0.0158. The zero-order chi connectivity index (χ0) is 13.5. The number of amides is 3. The van der Waals surface area contributed by atoms with Crippen molar-refractivity contribution in [3.05, 3.63) is 0 Å². The van der Waals surface area contributed by atoms with Crippen LogP contribution in [0.4, 0.5) is 4.79 Å². The van der Waals surface area contributed by atoms with Crippen LogP contribution in [0, 0.1) is 0 Å². The largest absolute Gasteiger partial charge is 0.395 e. The molecule has 0 aliphatic heterocycles. The SMILES string of the molecule is CC(CO)N(C)CC(=O)NC(=O)NC1CCCC1. The molecule has 104 valence electrons. The van der Waals surface area contributed by atoms with Crippen molar-refractivity contribution >= 4 is 11.9 Å². The van der Waals surface area contributed by atoms with Gasteiger partial charge in [0.2, 0.25) is 5.91 Å². The van der Waals surface area contributed by atoms with Crippen LogP contribution in [-0.2, 0) is 4.79 Å². The predicted molar refractivity (Wildman–Crippen MR) is 68.1 cm³/mol. The third-order valence-corrected chi connectivity index (χ3v) is 3.35. The van der Waals surface area contributed by atoms with Crippen LogP contribution in [0.1, 0.15) is 32.6 Å². The molecule has 0 aromatic carbocycles. The zero-order valence-electron chi connectivity index (χ0n) is 11.1. The van der Waals surface area contributed by atoms with E-state index >= 15 is 0 Å². The molecule has 1 saturated carbocycles. The minimum atomic E-state index is -0.419. The lowest BCUT2D eigenvalue weighted by molar-refractivity contribution is -0.121. The zero-order valence-corrected chi connectivity index (χ0v) is 11.1. The summed E-state index contributed by atoms with van der Waals surface area (Å²) in [4.78, 5) is 24.8. The lowest BCUT2D eigenvalue weighted by Gasteiger charge is -2.22. The molecule has 6 heteroatoms. The Morgan fingerprint density at radius 1 is 1.39 bits per heavy atom. The van der Waals surface area contributed by atoms with E-state index in [0.29, 0.717) is 0 Å². The van der Waals surface area contributed by atoms with Crippen LogP contribution >= 0.6 is 0 Å². The molecule has 0 spiro atoms. The van der Waals surface area contributed by atoms with Gasteiger partial charge in [-0.05, 0) is 26.8 Å². The van der Waals surface area contributed by atoms with Crippen LogP contribution in [0.2, 0.25) is 0 Å². The van der Waals surface area contributed by atoms with Crippen molar-refractivity contribution in [2.45, 2.75) is 44.7 Å². The molecular weight excluding hydrogens is 234 g/mol. The van der Waals surface area contributed by atoms with Gasteiger partial charge in [-0.1, -0.05) is 12.8 Å². The molecule has 1 fully saturated rings. The maximum Gasteiger partial charge on any atom is 0.321 e. The molecule has 1 rings (SSSR count). The Bertz CT molecular complexity index is 290. The van der Waals surface area contributed by atoms with Gasteiger partial charge < -0.3 is 10.4 Å². The predicted octanol–water partition coefficient (Wildman–Crippen LogP) is 0.0674. The number of nitrogens with one attached hydrogen (secondary N) is 2. The Morgan fingerprint density at radius 2 is 2.00 bits per heavy atom. The van der Waals surface area contributed by atoms with Gasteiger partial charge in [0.1, 0.15) is 0 Å². The van der Waals surface area contributed by atoms with Gasteiger partial charge in [-0.15, -0.1) is 0 Å². The van der Waals surface area contributed by atoms with Gasteiger partial charge in [-0.3, -0.25) is 15.0 Å². The summed E-state index contributed by atoms with van der Waals surface area (Å²) in [6, 6.07) is -0.322. The van der Waals surface area contributed by atoms with Crippen LogP contribution < -0.4 is 10.6 Å². The fraction of sp³-hybridized carbons (Fsp3) is 0.833. The van der Waals surface area contributed by atoms with Gasteiger partial charge in [-0.25, -0.2) is 4.79 Å². The summed E-state index contributed by atoms with van der Waals surface area (Å²) in [6.07, 6.45) is 4.25. The number of likely N-dealkylation sites (N-methyl/N-ethyl adjacent to an activating group) is 1. The minimum Gasteiger partial charge on any atom is -0.395 e. The van der Waals surface area contributed by atoms with E-state index in [1.165, 1.54) is 0 Å². The highest BCUT2D eigenvalue weighted by atomic mass is 16.3. The maximum atomic E-state index is 11.6. The van der Waals surface area contributed by atoms with Gasteiger partial charge in [0.15, 0.2) is 0 Å². The molecule has 3 amide bonds. The van der Waals surface area contributed by atoms with E-state index < -0.39 is 6.03 Å². The average molecular weight is 257 g/mol. The molecular formula is C12H23N3O3. The molecule has 1 aliphatic carbocycles. The number of imide groups is 1. The fourth-order valence-electron chi connectivity index (χ4n) is 1.98. The first-order valence-electron chi connectivity index (χ1n) is 6.44. The molecule has 0 aromatic heterocycles. The molecule has 3 N–H and O–H groups in total. The highest BCUT2D eigenvalue weighted by molar-refractivity contribution is 5.95. The Hall–Kier alpha value is -1.14. The van der Waals surface area contributed by atoms with Crippen molar-refractivity contribution < 1.29 is 14.7 Å². The summed E-state index contributed by atoms with van der Waals surface area (Å²) in [7, 11) is 1.73. The van der Waals surface area contributed by atoms with Crippen molar-refractivity contribution in [1.82, 2.24) is 15.5 Å². The lowest BCUT2D eigenvalue weighted by Crippen LogP contribution is -2.48. The van der Waals surface area contributed by atoms with E-state index in [2.05, 4.69) is 10.6 Å². The Morgan fingerprint density at radius 3 is 2.56 bits per heavy atom. The molecule has 0 aromatic rings. The topological polar surface area (TPSA) is 81.7 Å². The number of rotatable bonds is 5. The van der Waals surface area contributed by atoms with Gasteiger partial charge in [0, 0.05) is 12.1 Å². The summed E-state index contributed by atoms with van der Waals surface area (Å²) in [6.45, 7) is 1.89. The summed E-state index contributed by atoms with van der Waals surface area (Å²) < 4.78 is 0. The van der Waals surface area contributed by atoms with E-state index in [9.17, 15) is 9.59 Å². The molecule has 0 bridgehead atoms. The number of aliphatic hydroxyl groups excluding tert-OH is 1. The smallest absolute Gasteiger partial charge is 0.321 e. The maximum absolute atomic E-state index is 11.6. The number of aliphatic hydroxyl groups is 1. The molecule has 1 unspecified atom stereocenters. The second-order valence-corrected chi connectivity index (χ2v) is 4.95. The second kappa shape index (κ2) is 7.33. The highest BCUT2D eigenvalue weighted by Gasteiger charge is 2.19. The van der Waals surface area contributed by atoms with E-state index in [4.69, 9.17) is 5.11 Å². The van der Waals surface area contributed by atoms with E-state index in [1.807, 2.05) is 6.92 Å². The van der Waals surface area contributed by atoms with Gasteiger partial charge in [0.25, 0.3) is 0 Å². The van der Waals surface area contributed by atoms with Crippen molar-refractivity contribution in [1.29, 1.82) is 0 Å². The Kier molecular flexibility index (Phi) is 6.07. The molecule has 1 atom stereocenters. The van der Waals surface area contributed by atoms with E-state index in [0.717, 1.165) is 25.7 Å². The summed E-state index contributed by atoms with van der Waals surface area (Å²) in [5.41, 5.74) is 0. The quantitative estimate of drug-likeness (QED) is 0.651. The van der Waals surface area contributed by atoms with Crippen LogP contribution in [-0.4, -0.2) is 54.2 Å². The number of carbonyl (C=O) groups excluding carboxylic acids is 2. The van der Waals surface area contributed by atoms with Crippen molar-refractivity contribution in [3.8, 4) is 0 Å². The molecule has 18 heavy (non-hydrogen) atoms. The van der Waals surface area contributed by atoms with Crippen LogP contribution in [0.25, 0.3) is 0 Å². The monoisotopic (exact) mass is 257 g/mol. The molecule has 0 saturated heterocycles. The third kappa shape index (κ3) is 5.01. The van der Waals surface area contributed by atoms with Crippen LogP contribution in [0.5, 0.6) is 0 Å². The molecule has 6 nitrogen and oxygen atoms in total. The van der Waals surface area contributed by atoms with Crippen molar-refractivity contribution in [3.63, 3.8) is 0 Å². The van der Waals surface area contributed by atoms with Crippen LogP contribution in [0.15, 0.2) is 0 Å². The number of carbonyl (C=O) groups is 2. The second-order valence-electron chi connectivity index (χ2n) is 4.95. The number of urea groups is 1. The highest BCUT2D eigenvalue weighted by Crippen LogP contribution is 2.17. The lowest BCUT2D eigenvalue weighted by atomic mass is 10.2. The summed E-state index contributed by atoms with van der Waals surface area (Å²) >= 11 is 0. The van der Waals surface area contributed by atoms with Gasteiger partial charge >= 0.3 is 6.03 Å². The molecule has 0 heterocycles. The van der Waals surface area contributed by atoms with E-state index in [1.54, 1.807) is 11.9 Å². The standard InChI is InChI=1S/C12H23N3O3/c1-9(8-16)15(2)7-11(17)14-12(18)13-10-5-3-4-6-10/h9-10,16H,3-8H2,1-2H3,(H2,13,14,17,18). The fourth-order valence-corrected chi connectivity index (χ4v) is 1.98. The first-order chi connectivity index (χ1) is 8.52. The number of nitrogens with zero attached hydrogens (tertiary/aromatic N) is 1. The number of hydrogen-bond acceptors (Lipinski definition) is 4. The van der Waals surface area contributed by atoms with E-state index in [-0.39, 0.29) is 31.1 Å². The number of hydrogen-bond donors (Lipinski definition) is 3. The molecule has 0 radical (unpaired) electrons. The molecule has 1 aliphatic rings. The average Bonchev–Trinajstić information content (AvgIpc) is 2.79. The summed E-state index contributed by atoms with van der Waals surface area (Å²) in [5.74, 6) is -0.353. The van der Waals surface area contributed by atoms with Gasteiger partial charge in [0.05, 0.1) is 13.2 Å². The van der Waals surface area contributed by atoms with Crippen molar-refractivity contribution in [2.24, 2.45) is 0 Å². The van der Waals surface area contributed by atoms with Gasteiger partial charge in [-0.2, -0.15) is 0 Å². The Balaban J connectivity index is 2.24. The summed E-state index contributed by atoms with van der Waals surface area (Å²) in [5, 5.41) is 14.0. The normalized spacial score (nSPS) is 17.8. The Labute approximate surface area is 108 Å². The van der Waals surface area contributed by atoms with Crippen molar-refractivity contribution in [2.75, 3.05) is 20.2 Å². The first kappa shape index (κ1) is 14.9. The first-order valence-corrected chi connectivity index (χ1v) is 6.44. The van der Waals surface area contributed by atoms with Crippen LogP contribution in [0.3, 0.4) is 0 Å². The third-order valence-electron chi connectivity index (χ3n) is 3.35.